The minimum absolute atomic E-state index is 0.0891. The average Bonchev–Trinajstić information content (AvgIpc) is 3.45. The molecule has 3 aromatic rings. The first kappa shape index (κ1) is 21.5. The lowest BCUT2D eigenvalue weighted by atomic mass is 10.1. The summed E-state index contributed by atoms with van der Waals surface area (Å²) < 4.78 is 0. The highest BCUT2D eigenvalue weighted by Crippen LogP contribution is 2.29. The van der Waals surface area contributed by atoms with E-state index in [4.69, 9.17) is 35.4 Å². The normalized spacial score (nSPS) is 15.6. The zero-order chi connectivity index (χ0) is 21.1. The molecule has 154 valence electrons. The quantitative estimate of drug-likeness (QED) is 0.282. The third kappa shape index (κ3) is 4.79. The Hall–Kier alpha value is -1.70. The summed E-state index contributed by atoms with van der Waals surface area (Å²) in [6, 6.07) is 13.5. The predicted molar refractivity (Wildman–Crippen MR) is 132 cm³/mol. The Bertz CT molecular complexity index is 1080. The summed E-state index contributed by atoms with van der Waals surface area (Å²) in [4.78, 5) is 19.4. The van der Waals surface area contributed by atoms with Crippen molar-refractivity contribution in [1.82, 2.24) is 9.80 Å². The number of halogens is 2. The molecule has 0 unspecified atom stereocenters. The summed E-state index contributed by atoms with van der Waals surface area (Å²) in [5.41, 5.74) is 1.29. The highest BCUT2D eigenvalue weighted by Gasteiger charge is 2.37. The van der Waals surface area contributed by atoms with Crippen LogP contribution < -0.4 is 0 Å². The van der Waals surface area contributed by atoms with Gasteiger partial charge in [-0.1, -0.05) is 41.4 Å². The molecule has 1 amide bonds. The molecule has 8 heteroatoms. The SMILES string of the molecule is O=C1C(=Cc2ccc(Cl)cc2Cl)N(CCc2cccs2)C(=S)N1CCc1cccs1. The summed E-state index contributed by atoms with van der Waals surface area (Å²) in [5, 5.41) is 5.71. The molecule has 2 aromatic heterocycles. The van der Waals surface area contributed by atoms with Crippen LogP contribution >= 0.6 is 58.1 Å². The van der Waals surface area contributed by atoms with E-state index in [0.717, 1.165) is 18.4 Å². The van der Waals surface area contributed by atoms with Crippen molar-refractivity contribution < 1.29 is 4.79 Å². The van der Waals surface area contributed by atoms with E-state index >= 15 is 0 Å². The van der Waals surface area contributed by atoms with Crippen LogP contribution in [0.3, 0.4) is 0 Å². The number of benzene rings is 1. The third-order valence-electron chi connectivity index (χ3n) is 4.80. The Morgan fingerprint density at radius 3 is 2.13 bits per heavy atom. The van der Waals surface area contributed by atoms with Crippen molar-refractivity contribution >= 4 is 75.2 Å². The van der Waals surface area contributed by atoms with E-state index in [0.29, 0.717) is 33.9 Å². The van der Waals surface area contributed by atoms with Crippen molar-refractivity contribution in [2.75, 3.05) is 13.1 Å². The fraction of sp³-hybridized carbons (Fsp3) is 0.182. The Balaban J connectivity index is 1.61. The lowest BCUT2D eigenvalue weighted by Gasteiger charge is -2.20. The van der Waals surface area contributed by atoms with Crippen molar-refractivity contribution in [3.8, 4) is 0 Å². The molecule has 30 heavy (non-hydrogen) atoms. The lowest BCUT2D eigenvalue weighted by molar-refractivity contribution is -0.122. The van der Waals surface area contributed by atoms with Crippen LogP contribution in [0.25, 0.3) is 6.08 Å². The monoisotopic (exact) mass is 492 g/mol. The smallest absolute Gasteiger partial charge is 0.276 e. The topological polar surface area (TPSA) is 23.6 Å². The van der Waals surface area contributed by atoms with Gasteiger partial charge in [-0.15, -0.1) is 22.7 Å². The second-order valence-electron chi connectivity index (χ2n) is 6.75. The first-order valence-electron chi connectivity index (χ1n) is 9.38. The second kappa shape index (κ2) is 9.62. The molecular formula is C22H18Cl2N2OS3. The van der Waals surface area contributed by atoms with Crippen LogP contribution in [0.5, 0.6) is 0 Å². The molecule has 0 saturated carbocycles. The minimum Gasteiger partial charge on any atom is -0.313 e. The van der Waals surface area contributed by atoms with E-state index in [1.807, 2.05) is 34.6 Å². The van der Waals surface area contributed by atoms with Gasteiger partial charge in [0.1, 0.15) is 5.70 Å². The molecule has 0 N–H and O–H groups in total. The Labute approximate surface area is 199 Å². The Morgan fingerprint density at radius 2 is 1.57 bits per heavy atom. The molecule has 3 nitrogen and oxygen atoms in total. The van der Waals surface area contributed by atoms with Gasteiger partial charge in [0.15, 0.2) is 5.11 Å². The van der Waals surface area contributed by atoms with Crippen LogP contribution in [0, 0.1) is 0 Å². The zero-order valence-corrected chi connectivity index (χ0v) is 19.8. The number of carbonyl (C=O) groups excluding carboxylic acids is 1. The largest absolute Gasteiger partial charge is 0.313 e. The lowest BCUT2D eigenvalue weighted by Crippen LogP contribution is -2.34. The zero-order valence-electron chi connectivity index (χ0n) is 15.9. The van der Waals surface area contributed by atoms with Gasteiger partial charge < -0.3 is 4.90 Å². The molecule has 0 atom stereocenters. The summed E-state index contributed by atoms with van der Waals surface area (Å²) in [5.74, 6) is -0.0891. The van der Waals surface area contributed by atoms with Gasteiger partial charge in [0.05, 0.1) is 0 Å². The molecule has 0 spiro atoms. The highest BCUT2D eigenvalue weighted by molar-refractivity contribution is 7.80. The number of thiophene rings is 2. The van der Waals surface area contributed by atoms with Crippen molar-refractivity contribution in [2.45, 2.75) is 12.8 Å². The average molecular weight is 494 g/mol. The number of carbonyl (C=O) groups is 1. The number of hydrogen-bond donors (Lipinski definition) is 0. The number of nitrogens with zero attached hydrogens (tertiary/aromatic N) is 2. The van der Waals surface area contributed by atoms with Crippen LogP contribution in [-0.4, -0.2) is 33.9 Å². The standard InChI is InChI=1S/C22H18Cl2N2OS3/c23-16-6-5-15(19(24)14-16)13-20-21(27)26(10-8-18-4-2-12-30-18)22(28)25(20)9-7-17-3-1-11-29-17/h1-6,11-14H,7-10H2. The van der Waals surface area contributed by atoms with Crippen LogP contribution in [0.4, 0.5) is 0 Å². The molecule has 0 aliphatic carbocycles. The number of hydrogen-bond acceptors (Lipinski definition) is 4. The van der Waals surface area contributed by atoms with E-state index in [-0.39, 0.29) is 5.91 Å². The molecule has 4 rings (SSSR count). The Morgan fingerprint density at radius 1 is 0.933 bits per heavy atom. The maximum atomic E-state index is 13.3. The molecule has 1 aliphatic rings. The van der Waals surface area contributed by atoms with Gasteiger partial charge >= 0.3 is 0 Å². The van der Waals surface area contributed by atoms with Crippen molar-refractivity contribution in [3.63, 3.8) is 0 Å². The minimum atomic E-state index is -0.0891. The maximum absolute atomic E-state index is 13.3. The van der Waals surface area contributed by atoms with E-state index < -0.39 is 0 Å². The van der Waals surface area contributed by atoms with Gasteiger partial charge in [-0.2, -0.15) is 0 Å². The highest BCUT2D eigenvalue weighted by atomic mass is 35.5. The van der Waals surface area contributed by atoms with Gasteiger partial charge in [-0.3, -0.25) is 9.69 Å². The fourth-order valence-corrected chi connectivity index (χ4v) is 5.49. The molecule has 0 radical (unpaired) electrons. The van der Waals surface area contributed by atoms with Gasteiger partial charge in [0.2, 0.25) is 0 Å². The van der Waals surface area contributed by atoms with Crippen molar-refractivity contribution in [3.05, 3.63) is 84.3 Å². The summed E-state index contributed by atoms with van der Waals surface area (Å²) in [7, 11) is 0. The molecule has 0 bridgehead atoms. The van der Waals surface area contributed by atoms with Crippen molar-refractivity contribution in [1.29, 1.82) is 0 Å². The maximum Gasteiger partial charge on any atom is 0.276 e. The summed E-state index contributed by atoms with van der Waals surface area (Å²) >= 11 is 21.5. The molecular weight excluding hydrogens is 475 g/mol. The van der Waals surface area contributed by atoms with Crippen LogP contribution in [-0.2, 0) is 17.6 Å². The van der Waals surface area contributed by atoms with Crippen LogP contribution in [0.15, 0.2) is 58.9 Å². The number of amides is 1. The molecule has 1 saturated heterocycles. The summed E-state index contributed by atoms with van der Waals surface area (Å²) in [6.07, 6.45) is 3.40. The number of rotatable bonds is 7. The van der Waals surface area contributed by atoms with Gasteiger partial charge in [-0.25, -0.2) is 0 Å². The van der Waals surface area contributed by atoms with E-state index in [1.54, 1.807) is 39.7 Å². The first-order valence-corrected chi connectivity index (χ1v) is 12.3. The van der Waals surface area contributed by atoms with Crippen molar-refractivity contribution in [2.24, 2.45) is 0 Å². The van der Waals surface area contributed by atoms with Crippen LogP contribution in [0.2, 0.25) is 10.0 Å². The molecule has 1 fully saturated rings. The van der Waals surface area contributed by atoms with Gasteiger partial charge in [0, 0.05) is 32.9 Å². The van der Waals surface area contributed by atoms with E-state index in [1.165, 1.54) is 9.75 Å². The fourth-order valence-electron chi connectivity index (χ4n) is 3.26. The van der Waals surface area contributed by atoms with Crippen LogP contribution in [0.1, 0.15) is 15.3 Å². The number of thiocarbonyl (C=S) groups is 1. The predicted octanol–water partition coefficient (Wildman–Crippen LogP) is 6.37. The van der Waals surface area contributed by atoms with E-state index in [9.17, 15) is 4.79 Å². The van der Waals surface area contributed by atoms with E-state index in [2.05, 4.69) is 17.5 Å². The summed E-state index contributed by atoms with van der Waals surface area (Å²) in [6.45, 7) is 1.19. The second-order valence-corrected chi connectivity index (χ2v) is 10.0. The first-order chi connectivity index (χ1) is 14.5. The van der Waals surface area contributed by atoms with Gasteiger partial charge in [-0.05, 0) is 71.7 Å². The Kier molecular flexibility index (Phi) is 6.91. The van der Waals surface area contributed by atoms with Gasteiger partial charge in [0.25, 0.3) is 5.91 Å². The molecule has 3 heterocycles. The molecule has 1 aromatic carbocycles. The third-order valence-corrected chi connectivity index (χ3v) is 7.67. The molecule has 1 aliphatic heterocycles.